The number of thiophene rings is 1. The molecule has 0 bridgehead atoms. The summed E-state index contributed by atoms with van der Waals surface area (Å²) in [6.45, 7) is 4.35. The molecule has 22 heavy (non-hydrogen) atoms. The fourth-order valence-electron chi connectivity index (χ4n) is 2.51. The minimum Gasteiger partial charge on any atom is -0.352 e. The highest BCUT2D eigenvalue weighted by molar-refractivity contribution is 7.91. The maximum absolute atomic E-state index is 12.5. The van der Waals surface area contributed by atoms with Crippen LogP contribution in [0.25, 0.3) is 0 Å². The molecule has 1 aromatic heterocycles. The molecule has 0 unspecified atom stereocenters. The molecule has 1 aromatic rings. The lowest BCUT2D eigenvalue weighted by molar-refractivity contribution is -0.122. The molecule has 1 aliphatic heterocycles. The van der Waals surface area contributed by atoms with E-state index in [0.717, 1.165) is 17.7 Å². The summed E-state index contributed by atoms with van der Waals surface area (Å²) in [6, 6.07) is 3.87. The van der Waals surface area contributed by atoms with Crippen LogP contribution in [0.15, 0.2) is 16.3 Å². The largest absolute Gasteiger partial charge is 0.352 e. The van der Waals surface area contributed by atoms with Crippen LogP contribution in [0.5, 0.6) is 0 Å². The summed E-state index contributed by atoms with van der Waals surface area (Å²) in [5.74, 6) is 0.0488. The molecule has 0 aromatic carbocycles. The number of carbonyl (C=O) groups excluding carboxylic acids is 1. The molecule has 8 heteroatoms. The first-order valence-electron chi connectivity index (χ1n) is 7.53. The average molecular weight is 343 g/mol. The Morgan fingerprint density at radius 3 is 2.50 bits per heavy atom. The lowest BCUT2D eigenvalue weighted by Gasteiger charge is -2.33. The molecule has 2 aliphatic rings. The molecule has 1 aliphatic carbocycles. The third-order valence-electron chi connectivity index (χ3n) is 3.95. The van der Waals surface area contributed by atoms with Gasteiger partial charge in [-0.15, -0.1) is 11.3 Å². The summed E-state index contributed by atoms with van der Waals surface area (Å²) in [7, 11) is -3.38. The predicted octanol–water partition coefficient (Wildman–Crippen LogP) is 0.641. The number of aryl methyl sites for hydroxylation is 1. The molecule has 1 amide bonds. The standard InChI is InChI=1S/C14H21N3O3S2/c1-11-2-5-14(21-11)22(19,20)17-8-6-16(7-9-17)10-13(18)15-12-3-4-12/h2,5,12H,3-4,6-10H2,1H3,(H,15,18). The topological polar surface area (TPSA) is 69.7 Å². The number of piperazine rings is 1. The van der Waals surface area contributed by atoms with E-state index in [1.165, 1.54) is 15.6 Å². The van der Waals surface area contributed by atoms with E-state index >= 15 is 0 Å². The Bertz CT molecular complexity index is 644. The quantitative estimate of drug-likeness (QED) is 0.852. The highest BCUT2D eigenvalue weighted by Gasteiger charge is 2.30. The Balaban J connectivity index is 1.53. The van der Waals surface area contributed by atoms with Crippen molar-refractivity contribution < 1.29 is 13.2 Å². The first kappa shape index (κ1) is 15.9. The van der Waals surface area contributed by atoms with Gasteiger partial charge in [-0.05, 0) is 31.9 Å². The van der Waals surface area contributed by atoms with Crippen molar-refractivity contribution >= 4 is 27.3 Å². The molecule has 3 rings (SSSR count). The first-order valence-corrected chi connectivity index (χ1v) is 9.79. The van der Waals surface area contributed by atoms with Crippen LogP contribution in [-0.2, 0) is 14.8 Å². The maximum Gasteiger partial charge on any atom is 0.252 e. The first-order chi connectivity index (χ1) is 10.4. The zero-order valence-corrected chi connectivity index (χ0v) is 14.3. The lowest BCUT2D eigenvalue weighted by atomic mass is 10.3. The van der Waals surface area contributed by atoms with E-state index in [1.807, 2.05) is 17.9 Å². The summed E-state index contributed by atoms with van der Waals surface area (Å²) in [4.78, 5) is 14.8. The summed E-state index contributed by atoms with van der Waals surface area (Å²) >= 11 is 1.31. The van der Waals surface area contributed by atoms with E-state index in [1.54, 1.807) is 6.07 Å². The van der Waals surface area contributed by atoms with Crippen molar-refractivity contribution in [2.75, 3.05) is 32.7 Å². The molecule has 1 N–H and O–H groups in total. The van der Waals surface area contributed by atoms with Crippen molar-refractivity contribution in [2.24, 2.45) is 0 Å². The van der Waals surface area contributed by atoms with Gasteiger partial charge in [0.1, 0.15) is 4.21 Å². The SMILES string of the molecule is Cc1ccc(S(=O)(=O)N2CCN(CC(=O)NC3CC3)CC2)s1. The van der Waals surface area contributed by atoms with Gasteiger partial charge in [-0.2, -0.15) is 4.31 Å². The van der Waals surface area contributed by atoms with E-state index in [2.05, 4.69) is 5.32 Å². The summed E-state index contributed by atoms with van der Waals surface area (Å²) in [6.07, 6.45) is 2.16. The number of nitrogens with one attached hydrogen (secondary N) is 1. The van der Waals surface area contributed by atoms with Crippen molar-refractivity contribution in [3.8, 4) is 0 Å². The van der Waals surface area contributed by atoms with E-state index in [-0.39, 0.29) is 5.91 Å². The van der Waals surface area contributed by atoms with Gasteiger partial charge in [0.15, 0.2) is 0 Å². The van der Waals surface area contributed by atoms with Crippen LogP contribution in [0.1, 0.15) is 17.7 Å². The summed E-state index contributed by atoms with van der Waals surface area (Å²) < 4.78 is 27.0. The number of sulfonamides is 1. The Labute approximate surface area is 135 Å². The van der Waals surface area contributed by atoms with Crippen molar-refractivity contribution in [2.45, 2.75) is 30.0 Å². The lowest BCUT2D eigenvalue weighted by Crippen LogP contribution is -2.51. The highest BCUT2D eigenvalue weighted by Crippen LogP contribution is 2.25. The van der Waals surface area contributed by atoms with Crippen molar-refractivity contribution in [3.05, 3.63) is 17.0 Å². The number of rotatable bonds is 5. The van der Waals surface area contributed by atoms with E-state index < -0.39 is 10.0 Å². The Morgan fingerprint density at radius 1 is 1.27 bits per heavy atom. The number of hydrogen-bond acceptors (Lipinski definition) is 5. The Kier molecular flexibility index (Phi) is 4.54. The second-order valence-corrected chi connectivity index (χ2v) is 9.34. The zero-order chi connectivity index (χ0) is 15.7. The zero-order valence-electron chi connectivity index (χ0n) is 12.6. The van der Waals surface area contributed by atoms with Crippen molar-refractivity contribution in [1.82, 2.24) is 14.5 Å². The van der Waals surface area contributed by atoms with E-state index in [9.17, 15) is 13.2 Å². The molecular formula is C14H21N3O3S2. The van der Waals surface area contributed by atoms with Crippen molar-refractivity contribution in [1.29, 1.82) is 0 Å². The third-order valence-corrected chi connectivity index (χ3v) is 7.32. The van der Waals surface area contributed by atoms with Crippen LogP contribution >= 0.6 is 11.3 Å². The molecule has 0 spiro atoms. The molecule has 1 saturated heterocycles. The van der Waals surface area contributed by atoms with Crippen LogP contribution in [0.3, 0.4) is 0 Å². The average Bonchev–Trinajstić information content (AvgIpc) is 3.16. The van der Waals surface area contributed by atoms with Crippen LogP contribution in [0.4, 0.5) is 0 Å². The minimum atomic E-state index is -3.38. The molecular weight excluding hydrogens is 322 g/mol. The fraction of sp³-hybridized carbons (Fsp3) is 0.643. The van der Waals surface area contributed by atoms with Gasteiger partial charge < -0.3 is 5.32 Å². The molecule has 0 radical (unpaired) electrons. The highest BCUT2D eigenvalue weighted by atomic mass is 32.2. The van der Waals surface area contributed by atoms with Gasteiger partial charge in [-0.1, -0.05) is 0 Å². The number of amides is 1. The molecule has 2 heterocycles. The second-order valence-electron chi connectivity index (χ2n) is 5.89. The Hall–Kier alpha value is -0.960. The van der Waals surface area contributed by atoms with Crippen LogP contribution in [0, 0.1) is 6.92 Å². The smallest absolute Gasteiger partial charge is 0.252 e. The number of nitrogens with zero attached hydrogens (tertiary/aromatic N) is 2. The molecule has 2 fully saturated rings. The number of carbonyl (C=O) groups is 1. The van der Waals surface area contributed by atoms with Gasteiger partial charge in [0, 0.05) is 37.1 Å². The van der Waals surface area contributed by atoms with Gasteiger partial charge in [-0.3, -0.25) is 9.69 Å². The van der Waals surface area contributed by atoms with Gasteiger partial charge in [0.25, 0.3) is 10.0 Å². The Morgan fingerprint density at radius 2 is 1.95 bits per heavy atom. The molecule has 122 valence electrons. The second kappa shape index (κ2) is 6.27. The van der Waals surface area contributed by atoms with Gasteiger partial charge >= 0.3 is 0 Å². The maximum atomic E-state index is 12.5. The fourth-order valence-corrected chi connectivity index (χ4v) is 5.37. The molecule has 1 saturated carbocycles. The van der Waals surface area contributed by atoms with Gasteiger partial charge in [0.2, 0.25) is 5.91 Å². The normalized spacial score (nSPS) is 21.0. The van der Waals surface area contributed by atoms with Crippen LogP contribution < -0.4 is 5.32 Å². The molecule has 0 atom stereocenters. The monoisotopic (exact) mass is 343 g/mol. The van der Waals surface area contributed by atoms with Gasteiger partial charge in [0.05, 0.1) is 6.54 Å². The third kappa shape index (κ3) is 3.68. The van der Waals surface area contributed by atoms with E-state index in [4.69, 9.17) is 0 Å². The van der Waals surface area contributed by atoms with Crippen LogP contribution in [-0.4, -0.2) is 62.3 Å². The van der Waals surface area contributed by atoms with E-state index in [0.29, 0.717) is 43.0 Å². The molecule has 6 nitrogen and oxygen atoms in total. The summed E-state index contributed by atoms with van der Waals surface area (Å²) in [5.41, 5.74) is 0. The van der Waals surface area contributed by atoms with Gasteiger partial charge in [-0.25, -0.2) is 8.42 Å². The van der Waals surface area contributed by atoms with Crippen molar-refractivity contribution in [3.63, 3.8) is 0 Å². The minimum absolute atomic E-state index is 0.0488. The summed E-state index contributed by atoms with van der Waals surface area (Å²) in [5, 5.41) is 2.96. The van der Waals surface area contributed by atoms with Crippen LogP contribution in [0.2, 0.25) is 0 Å². The predicted molar refractivity (Wildman–Crippen MR) is 85.4 cm³/mol. The number of hydrogen-bond donors (Lipinski definition) is 1.